The van der Waals surface area contributed by atoms with Gasteiger partial charge in [0.1, 0.15) is 0 Å². The van der Waals surface area contributed by atoms with Gasteiger partial charge in [0, 0.05) is 34.1 Å². The zero-order chi connectivity index (χ0) is 26.4. The molecule has 0 N–H and O–H groups in total. The third kappa shape index (κ3) is 3.95. The van der Waals surface area contributed by atoms with Crippen molar-refractivity contribution in [2.75, 3.05) is 0 Å². The van der Waals surface area contributed by atoms with Gasteiger partial charge in [0.2, 0.25) is 9.84 Å². The summed E-state index contributed by atoms with van der Waals surface area (Å²) in [7, 11) is -3.63. The van der Waals surface area contributed by atoms with Crippen LogP contribution in [0.25, 0.3) is 54.8 Å². The summed E-state index contributed by atoms with van der Waals surface area (Å²) in [5.74, 6) is 0. The summed E-state index contributed by atoms with van der Waals surface area (Å²) in [5, 5.41) is 5.62. The highest BCUT2D eigenvalue weighted by molar-refractivity contribution is 7.91. The highest BCUT2D eigenvalue weighted by atomic mass is 32.2. The van der Waals surface area contributed by atoms with Gasteiger partial charge in [-0.2, -0.15) is 0 Å². The molecule has 4 nitrogen and oxygen atoms in total. The van der Waals surface area contributed by atoms with E-state index >= 15 is 0 Å². The summed E-state index contributed by atoms with van der Waals surface area (Å²) in [6.07, 6.45) is 3.56. The molecule has 2 heterocycles. The second-order valence-corrected chi connectivity index (χ2v) is 11.4. The second-order valence-electron chi connectivity index (χ2n) is 9.48. The van der Waals surface area contributed by atoms with Crippen LogP contribution < -0.4 is 0 Å². The molecule has 39 heavy (non-hydrogen) atoms. The summed E-state index contributed by atoms with van der Waals surface area (Å²) >= 11 is 0. The molecule has 0 aliphatic carbocycles. The van der Waals surface area contributed by atoms with Crippen LogP contribution >= 0.6 is 0 Å². The number of hydrogen-bond acceptors (Lipinski definition) is 4. The Morgan fingerprint density at radius 3 is 2.08 bits per heavy atom. The van der Waals surface area contributed by atoms with Crippen molar-refractivity contribution < 1.29 is 8.42 Å². The van der Waals surface area contributed by atoms with Gasteiger partial charge in [-0.05, 0) is 64.4 Å². The fraction of sp³-hybridized carbons (Fsp3) is 0. The number of benzene rings is 5. The van der Waals surface area contributed by atoms with Crippen LogP contribution in [-0.2, 0) is 9.84 Å². The molecule has 5 aromatic carbocycles. The summed E-state index contributed by atoms with van der Waals surface area (Å²) in [4.78, 5) is 9.87. The Labute approximate surface area is 226 Å². The van der Waals surface area contributed by atoms with Crippen LogP contribution in [0.15, 0.2) is 144 Å². The van der Waals surface area contributed by atoms with Gasteiger partial charge in [0.15, 0.2) is 0 Å². The highest BCUT2D eigenvalue weighted by Gasteiger charge is 2.18. The van der Waals surface area contributed by atoms with Crippen LogP contribution in [0.1, 0.15) is 0 Å². The molecule has 0 unspecified atom stereocenters. The molecular weight excluding hydrogens is 500 g/mol. The van der Waals surface area contributed by atoms with Gasteiger partial charge in [-0.15, -0.1) is 0 Å². The molecule has 0 aliphatic rings. The minimum atomic E-state index is -3.63. The van der Waals surface area contributed by atoms with E-state index in [-0.39, 0.29) is 9.79 Å². The first-order chi connectivity index (χ1) is 19.1. The van der Waals surface area contributed by atoms with E-state index < -0.39 is 9.84 Å². The fourth-order valence-electron chi connectivity index (χ4n) is 5.26. The zero-order valence-corrected chi connectivity index (χ0v) is 21.6. The van der Waals surface area contributed by atoms with Gasteiger partial charge in [-0.1, -0.05) is 78.9 Å². The third-order valence-electron chi connectivity index (χ3n) is 7.17. The van der Waals surface area contributed by atoms with Gasteiger partial charge >= 0.3 is 0 Å². The Morgan fingerprint density at radius 2 is 1.23 bits per heavy atom. The van der Waals surface area contributed by atoms with Crippen molar-refractivity contribution in [1.29, 1.82) is 0 Å². The van der Waals surface area contributed by atoms with Crippen molar-refractivity contribution in [3.63, 3.8) is 0 Å². The molecule has 2 aromatic heterocycles. The van der Waals surface area contributed by atoms with Crippen molar-refractivity contribution in [1.82, 2.24) is 9.97 Å². The lowest BCUT2D eigenvalue weighted by Gasteiger charge is -2.14. The van der Waals surface area contributed by atoms with Crippen LogP contribution in [0.2, 0.25) is 0 Å². The van der Waals surface area contributed by atoms with Crippen LogP contribution in [0.3, 0.4) is 0 Å². The first kappa shape index (κ1) is 23.3. The van der Waals surface area contributed by atoms with Crippen LogP contribution in [0.5, 0.6) is 0 Å². The van der Waals surface area contributed by atoms with E-state index in [1.54, 1.807) is 54.9 Å². The number of hydrogen-bond donors (Lipinski definition) is 0. The summed E-state index contributed by atoms with van der Waals surface area (Å²) in [5.41, 5.74) is 4.45. The maximum absolute atomic E-state index is 13.3. The largest absolute Gasteiger partial charge is 0.265 e. The maximum atomic E-state index is 13.3. The van der Waals surface area contributed by atoms with Gasteiger partial charge in [0.25, 0.3) is 0 Å². The quantitative estimate of drug-likeness (QED) is 0.219. The van der Waals surface area contributed by atoms with Gasteiger partial charge in [-0.25, -0.2) is 13.4 Å². The van der Waals surface area contributed by atoms with Gasteiger partial charge < -0.3 is 0 Å². The van der Waals surface area contributed by atoms with E-state index in [0.29, 0.717) is 0 Å². The predicted molar refractivity (Wildman–Crippen MR) is 157 cm³/mol. The van der Waals surface area contributed by atoms with E-state index in [0.717, 1.165) is 44.1 Å². The molecule has 0 saturated carbocycles. The molecule has 186 valence electrons. The van der Waals surface area contributed by atoms with Crippen molar-refractivity contribution in [2.24, 2.45) is 0 Å². The Balaban J connectivity index is 1.46. The minimum absolute atomic E-state index is 0.265. The normalized spacial score (nSPS) is 11.8. The molecule has 0 amide bonds. The van der Waals surface area contributed by atoms with Crippen LogP contribution in [-0.4, -0.2) is 18.4 Å². The first-order valence-electron chi connectivity index (χ1n) is 12.7. The number of sulfone groups is 1. The Kier molecular flexibility index (Phi) is 5.46. The molecule has 7 rings (SSSR count). The number of pyridine rings is 2. The summed E-state index contributed by atoms with van der Waals surface area (Å²) in [6.45, 7) is 0. The molecule has 0 radical (unpaired) electrons. The molecule has 0 atom stereocenters. The fourth-order valence-corrected chi connectivity index (χ4v) is 6.59. The smallest absolute Gasteiger partial charge is 0.206 e. The highest BCUT2D eigenvalue weighted by Crippen LogP contribution is 2.38. The molecule has 5 heteroatoms. The van der Waals surface area contributed by atoms with E-state index in [4.69, 9.17) is 4.98 Å². The monoisotopic (exact) mass is 522 g/mol. The lowest BCUT2D eigenvalue weighted by atomic mass is 9.94. The van der Waals surface area contributed by atoms with Crippen LogP contribution in [0, 0.1) is 0 Å². The van der Waals surface area contributed by atoms with Crippen molar-refractivity contribution >= 4 is 42.3 Å². The van der Waals surface area contributed by atoms with E-state index in [1.807, 2.05) is 30.3 Å². The summed E-state index contributed by atoms with van der Waals surface area (Å²) in [6, 6.07) is 38.5. The SMILES string of the molecule is O=S(=O)(c1ccccc1)c1cccc(-c2ccc3c(c2)nc(-c2ccncc2)c2ccc4ccccc4c23)c1. The molecule has 0 bridgehead atoms. The van der Waals surface area contributed by atoms with Crippen LogP contribution in [0.4, 0.5) is 0 Å². The Bertz CT molecular complexity index is 2120. The molecule has 0 fully saturated rings. The number of rotatable bonds is 4. The Morgan fingerprint density at radius 1 is 0.513 bits per heavy atom. The standard InChI is InChI=1S/C34H22N2O2S/c37-39(38,27-9-2-1-3-10-27)28-11-6-8-25(21-28)26-14-15-30-32(22-26)36-34(24-17-19-35-20-18-24)31-16-13-23-7-4-5-12-29(23)33(30)31/h1-22H. The molecule has 7 aromatic rings. The number of fused-ring (bicyclic) bond motifs is 5. The lowest BCUT2D eigenvalue weighted by Crippen LogP contribution is -2.01. The number of aromatic nitrogens is 2. The van der Waals surface area contributed by atoms with Crippen molar-refractivity contribution in [3.05, 3.63) is 134 Å². The maximum Gasteiger partial charge on any atom is 0.206 e. The first-order valence-corrected chi connectivity index (χ1v) is 14.1. The topological polar surface area (TPSA) is 59.9 Å². The molecule has 0 aliphatic heterocycles. The molecular formula is C34H22N2O2S. The van der Waals surface area contributed by atoms with E-state index in [9.17, 15) is 8.42 Å². The van der Waals surface area contributed by atoms with Gasteiger partial charge in [0.05, 0.1) is 21.0 Å². The van der Waals surface area contributed by atoms with Crippen molar-refractivity contribution in [3.8, 4) is 22.4 Å². The van der Waals surface area contributed by atoms with E-state index in [2.05, 4.69) is 53.5 Å². The molecule has 0 saturated heterocycles. The third-order valence-corrected chi connectivity index (χ3v) is 8.94. The second kappa shape index (κ2) is 9.15. The lowest BCUT2D eigenvalue weighted by molar-refractivity contribution is 0.596. The van der Waals surface area contributed by atoms with E-state index in [1.165, 1.54) is 10.8 Å². The average molecular weight is 523 g/mol. The minimum Gasteiger partial charge on any atom is -0.265 e. The van der Waals surface area contributed by atoms with Crippen molar-refractivity contribution in [2.45, 2.75) is 9.79 Å². The average Bonchev–Trinajstić information content (AvgIpc) is 3.01. The number of nitrogens with zero attached hydrogens (tertiary/aromatic N) is 2. The predicted octanol–water partition coefficient (Wildman–Crippen LogP) is 8.10. The van der Waals surface area contributed by atoms with Gasteiger partial charge in [-0.3, -0.25) is 4.98 Å². The molecule has 0 spiro atoms. The summed E-state index contributed by atoms with van der Waals surface area (Å²) < 4.78 is 26.6. The Hall–Kier alpha value is -4.87. The zero-order valence-electron chi connectivity index (χ0n) is 20.8.